The van der Waals surface area contributed by atoms with Gasteiger partial charge in [-0.3, -0.25) is 23.5 Å². The molecular weight excluding hydrogens is 388 g/mol. The van der Waals surface area contributed by atoms with Gasteiger partial charge >= 0.3 is 5.69 Å². The number of aromatic nitrogens is 5. The Morgan fingerprint density at radius 3 is 2.57 bits per heavy atom. The van der Waals surface area contributed by atoms with E-state index in [9.17, 15) is 19.2 Å². The number of carbonyl (C=O) groups excluding carboxylic acids is 1. The summed E-state index contributed by atoms with van der Waals surface area (Å²) >= 11 is 0. The molecule has 1 amide bonds. The van der Waals surface area contributed by atoms with Gasteiger partial charge in [-0.05, 0) is 31.5 Å². The first kappa shape index (κ1) is 19.4. The summed E-state index contributed by atoms with van der Waals surface area (Å²) in [6, 6.07) is 5.27. The Morgan fingerprint density at radius 1 is 1.10 bits per heavy atom. The van der Waals surface area contributed by atoms with Crippen LogP contribution in [0.1, 0.15) is 11.1 Å². The molecule has 0 radical (unpaired) electrons. The number of rotatable bonds is 3. The number of hydrogen-bond acceptors (Lipinski definition) is 5. The van der Waals surface area contributed by atoms with Crippen LogP contribution in [0.2, 0.25) is 0 Å². The van der Waals surface area contributed by atoms with E-state index in [1.807, 2.05) is 13.0 Å². The molecule has 0 saturated heterocycles. The van der Waals surface area contributed by atoms with Crippen molar-refractivity contribution >= 4 is 33.7 Å². The highest BCUT2D eigenvalue weighted by Crippen LogP contribution is 2.21. The number of fused-ring (bicyclic) bond motifs is 2. The van der Waals surface area contributed by atoms with Gasteiger partial charge in [0, 0.05) is 30.7 Å². The summed E-state index contributed by atoms with van der Waals surface area (Å²) in [5.74, 6) is -0.379. The van der Waals surface area contributed by atoms with Crippen LogP contribution in [-0.2, 0) is 25.4 Å². The number of pyridine rings is 1. The predicted molar refractivity (Wildman–Crippen MR) is 113 cm³/mol. The van der Waals surface area contributed by atoms with E-state index in [-0.39, 0.29) is 29.2 Å². The van der Waals surface area contributed by atoms with Crippen molar-refractivity contribution < 1.29 is 4.79 Å². The van der Waals surface area contributed by atoms with Crippen molar-refractivity contribution in [1.29, 1.82) is 0 Å². The summed E-state index contributed by atoms with van der Waals surface area (Å²) in [6.07, 6.45) is 1.36. The first-order valence-corrected chi connectivity index (χ1v) is 9.23. The Balaban J connectivity index is 1.66. The summed E-state index contributed by atoms with van der Waals surface area (Å²) in [4.78, 5) is 56.0. The topological polar surface area (TPSA) is 124 Å². The molecule has 10 nitrogen and oxygen atoms in total. The molecule has 30 heavy (non-hydrogen) atoms. The van der Waals surface area contributed by atoms with Crippen molar-refractivity contribution in [3.8, 4) is 0 Å². The zero-order chi connectivity index (χ0) is 21.7. The zero-order valence-corrected chi connectivity index (χ0v) is 16.9. The molecule has 154 valence electrons. The quantitative estimate of drug-likeness (QED) is 0.512. The Morgan fingerprint density at radius 2 is 1.83 bits per heavy atom. The van der Waals surface area contributed by atoms with E-state index in [1.54, 1.807) is 19.1 Å². The molecule has 0 aliphatic rings. The second-order valence-corrected chi connectivity index (χ2v) is 7.26. The molecule has 0 atom stereocenters. The number of aromatic amines is 1. The minimum atomic E-state index is -0.521. The van der Waals surface area contributed by atoms with Gasteiger partial charge in [0.1, 0.15) is 6.54 Å². The van der Waals surface area contributed by atoms with Gasteiger partial charge in [0.05, 0.1) is 11.8 Å². The molecule has 0 spiro atoms. The van der Waals surface area contributed by atoms with Crippen LogP contribution in [0.15, 0.2) is 38.9 Å². The smallest absolute Gasteiger partial charge is 0.324 e. The van der Waals surface area contributed by atoms with Crippen LogP contribution < -0.4 is 22.1 Å². The number of nitrogens with zero attached hydrogens (tertiary/aromatic N) is 4. The average molecular weight is 408 g/mol. The third-order valence-electron chi connectivity index (χ3n) is 5.39. The molecule has 0 aliphatic heterocycles. The lowest BCUT2D eigenvalue weighted by Gasteiger charge is -2.10. The standard InChI is InChI=1S/C20H20N6O4/c1-10-11(2)18(28)23-14-7-12(5-6-13(10)14)22-15(27)8-26-9-21-17-16(26)19(29)25(4)20(30)24(17)3/h5-7,9H,8H2,1-4H3,(H,22,27)(H,23,28). The van der Waals surface area contributed by atoms with Crippen LogP contribution in [0.3, 0.4) is 0 Å². The number of aryl methyl sites for hydroxylation is 2. The van der Waals surface area contributed by atoms with Gasteiger partial charge in [-0.2, -0.15) is 0 Å². The number of amides is 1. The summed E-state index contributed by atoms with van der Waals surface area (Å²) in [7, 11) is 2.89. The van der Waals surface area contributed by atoms with Crippen LogP contribution in [0.5, 0.6) is 0 Å². The fourth-order valence-corrected chi connectivity index (χ4v) is 3.51. The van der Waals surface area contributed by atoms with Crippen molar-refractivity contribution in [3.63, 3.8) is 0 Å². The first-order chi connectivity index (χ1) is 14.2. The molecule has 2 N–H and O–H groups in total. The van der Waals surface area contributed by atoms with Crippen molar-refractivity contribution in [1.82, 2.24) is 23.7 Å². The Hall–Kier alpha value is -3.95. The van der Waals surface area contributed by atoms with Crippen molar-refractivity contribution in [3.05, 3.63) is 66.8 Å². The van der Waals surface area contributed by atoms with E-state index < -0.39 is 11.2 Å². The molecule has 0 bridgehead atoms. The van der Waals surface area contributed by atoms with Gasteiger partial charge in [0.25, 0.3) is 11.1 Å². The van der Waals surface area contributed by atoms with Crippen molar-refractivity contribution in [2.24, 2.45) is 14.1 Å². The number of anilines is 1. The SMILES string of the molecule is Cc1c(C)c2ccc(NC(=O)Cn3cnc4c3c(=O)n(C)c(=O)n4C)cc2[nH]c1=O. The number of nitrogens with one attached hydrogen (secondary N) is 2. The Labute approximate surface area is 169 Å². The third-order valence-corrected chi connectivity index (χ3v) is 5.39. The molecule has 4 aromatic rings. The second-order valence-electron chi connectivity index (χ2n) is 7.26. The van der Waals surface area contributed by atoms with Gasteiger partial charge in [-0.1, -0.05) is 6.07 Å². The van der Waals surface area contributed by atoms with E-state index >= 15 is 0 Å². The molecule has 1 aromatic carbocycles. The molecule has 3 heterocycles. The predicted octanol–water partition coefficient (Wildman–Crippen LogP) is 0.531. The second kappa shape index (κ2) is 6.83. The summed E-state index contributed by atoms with van der Waals surface area (Å²) < 4.78 is 3.64. The Kier molecular flexibility index (Phi) is 4.41. The monoisotopic (exact) mass is 408 g/mol. The summed E-state index contributed by atoms with van der Waals surface area (Å²) in [5.41, 5.74) is 1.88. The van der Waals surface area contributed by atoms with Gasteiger partial charge in [0.15, 0.2) is 11.2 Å². The minimum Gasteiger partial charge on any atom is -0.324 e. The van der Waals surface area contributed by atoms with Crippen LogP contribution >= 0.6 is 0 Å². The van der Waals surface area contributed by atoms with E-state index in [4.69, 9.17) is 0 Å². The van der Waals surface area contributed by atoms with E-state index in [1.165, 1.54) is 29.6 Å². The van der Waals surface area contributed by atoms with Crippen LogP contribution in [0.4, 0.5) is 5.69 Å². The summed E-state index contributed by atoms with van der Waals surface area (Å²) in [5, 5.41) is 3.66. The number of hydrogen-bond donors (Lipinski definition) is 2. The lowest BCUT2D eigenvalue weighted by Crippen LogP contribution is -2.37. The van der Waals surface area contributed by atoms with Gasteiger partial charge in [-0.25, -0.2) is 9.78 Å². The molecule has 0 unspecified atom stereocenters. The molecule has 0 fully saturated rings. The fourth-order valence-electron chi connectivity index (χ4n) is 3.51. The van der Waals surface area contributed by atoms with Gasteiger partial charge in [-0.15, -0.1) is 0 Å². The molecule has 0 aliphatic carbocycles. The number of imidazole rings is 1. The van der Waals surface area contributed by atoms with Crippen LogP contribution in [-0.4, -0.2) is 29.6 Å². The summed E-state index contributed by atoms with van der Waals surface area (Å²) in [6.45, 7) is 3.48. The van der Waals surface area contributed by atoms with Crippen LogP contribution in [0, 0.1) is 13.8 Å². The van der Waals surface area contributed by atoms with E-state index in [0.29, 0.717) is 16.8 Å². The number of carbonyl (C=O) groups is 1. The van der Waals surface area contributed by atoms with Gasteiger partial charge in [0.2, 0.25) is 5.91 Å². The average Bonchev–Trinajstić information content (AvgIpc) is 3.12. The Bertz CT molecular complexity index is 1520. The minimum absolute atomic E-state index is 0.161. The molecule has 0 saturated carbocycles. The maximum Gasteiger partial charge on any atom is 0.332 e. The number of benzene rings is 1. The molecule has 4 rings (SSSR count). The molecular formula is C20H20N6O4. The van der Waals surface area contributed by atoms with Gasteiger partial charge < -0.3 is 14.9 Å². The highest BCUT2D eigenvalue weighted by molar-refractivity contribution is 5.94. The molecule has 10 heteroatoms. The van der Waals surface area contributed by atoms with Crippen molar-refractivity contribution in [2.75, 3.05) is 5.32 Å². The number of H-pyrrole nitrogens is 1. The lowest BCUT2D eigenvalue weighted by molar-refractivity contribution is -0.116. The maximum atomic E-state index is 12.6. The van der Waals surface area contributed by atoms with Crippen molar-refractivity contribution in [2.45, 2.75) is 20.4 Å². The van der Waals surface area contributed by atoms with E-state index in [2.05, 4.69) is 15.3 Å². The lowest BCUT2D eigenvalue weighted by atomic mass is 10.1. The van der Waals surface area contributed by atoms with E-state index in [0.717, 1.165) is 15.5 Å². The first-order valence-electron chi connectivity index (χ1n) is 9.23. The normalized spacial score (nSPS) is 11.3. The third kappa shape index (κ3) is 2.93. The highest BCUT2D eigenvalue weighted by atomic mass is 16.2. The largest absolute Gasteiger partial charge is 0.332 e. The fraction of sp³-hybridized carbons (Fsp3) is 0.250. The van der Waals surface area contributed by atoms with Crippen LogP contribution in [0.25, 0.3) is 22.1 Å². The highest BCUT2D eigenvalue weighted by Gasteiger charge is 2.16. The molecule has 3 aromatic heterocycles. The maximum absolute atomic E-state index is 12.6. The zero-order valence-electron chi connectivity index (χ0n) is 16.9.